The topological polar surface area (TPSA) is 81.6 Å². The number of nitrogens with one attached hydrogen (secondary N) is 1. The zero-order valence-electron chi connectivity index (χ0n) is 20.6. The van der Waals surface area contributed by atoms with Crippen LogP contribution in [0, 0.1) is 11.3 Å². The first-order valence-electron chi connectivity index (χ1n) is 12.9. The van der Waals surface area contributed by atoms with Crippen molar-refractivity contribution in [2.24, 2.45) is 11.3 Å². The Hall–Kier alpha value is -2.06. The second kappa shape index (κ2) is 6.82. The van der Waals surface area contributed by atoms with Crippen molar-refractivity contribution < 1.29 is 19.3 Å². The van der Waals surface area contributed by atoms with Crippen molar-refractivity contribution in [1.82, 2.24) is 14.9 Å². The van der Waals surface area contributed by atoms with E-state index in [9.17, 15) is 10.2 Å². The third-order valence-electron chi connectivity index (χ3n) is 10.4. The van der Waals surface area contributed by atoms with Gasteiger partial charge in [-0.3, -0.25) is 0 Å². The molecule has 6 nitrogen and oxygen atoms in total. The Morgan fingerprint density at radius 1 is 1.17 bits per heavy atom. The maximum atomic E-state index is 17.1. The highest BCUT2D eigenvalue weighted by atomic mass is 19.1. The van der Waals surface area contributed by atoms with Gasteiger partial charge in [-0.05, 0) is 93.0 Å². The normalized spacial score (nSPS) is 46.3. The fraction of sp³-hybridized carbons (Fsp3) is 0.607. The maximum absolute atomic E-state index is 17.1. The number of hydrogen-bond donors (Lipinski definition) is 3. The highest BCUT2D eigenvalue weighted by Crippen LogP contribution is 2.71. The minimum absolute atomic E-state index is 0.0141. The Bertz CT molecular complexity index is 1290. The number of rotatable bonds is 2. The van der Waals surface area contributed by atoms with Crippen molar-refractivity contribution in [3.8, 4) is 0 Å². The highest BCUT2D eigenvalue weighted by molar-refractivity contribution is 5.83. The third kappa shape index (κ3) is 2.60. The number of alkyl halides is 1. The molecule has 1 aromatic carbocycles. The Balaban J connectivity index is 1.31. The molecule has 1 saturated heterocycles. The van der Waals surface area contributed by atoms with E-state index in [1.165, 1.54) is 5.57 Å². The molecule has 5 aliphatic rings. The molecule has 7 rings (SSSR count). The molecule has 2 bridgehead atoms. The average Bonchev–Trinajstić information content (AvgIpc) is 3.52. The first-order chi connectivity index (χ1) is 16.6. The lowest BCUT2D eigenvalue weighted by Crippen LogP contribution is -2.68. The first kappa shape index (κ1) is 22.2. The third-order valence-corrected chi connectivity index (χ3v) is 10.4. The number of aromatic nitrogens is 2. The molecule has 186 valence electrons. The molecule has 2 aliphatic heterocycles. The molecule has 3 N–H and O–H groups in total. The molecule has 35 heavy (non-hydrogen) atoms. The van der Waals surface area contributed by atoms with E-state index in [0.29, 0.717) is 37.7 Å². The summed E-state index contributed by atoms with van der Waals surface area (Å²) in [7, 11) is 3.83. The van der Waals surface area contributed by atoms with E-state index in [1.54, 1.807) is 12.4 Å². The fourth-order valence-corrected chi connectivity index (χ4v) is 8.53. The zero-order valence-corrected chi connectivity index (χ0v) is 20.6. The summed E-state index contributed by atoms with van der Waals surface area (Å²) in [6.45, 7) is 2.29. The molecule has 8 unspecified atom stereocenters. The number of aromatic amines is 1. The molecular weight excluding hydrogens is 445 g/mol. The van der Waals surface area contributed by atoms with E-state index >= 15 is 4.39 Å². The zero-order chi connectivity index (χ0) is 24.4. The average molecular weight is 480 g/mol. The Kier molecular flexibility index (Phi) is 4.32. The number of likely N-dealkylation sites (N-methyl/N-ethyl adjacent to an activating group) is 1. The number of ether oxygens (including phenoxy) is 1. The van der Waals surface area contributed by atoms with Crippen LogP contribution < -0.4 is 0 Å². The molecule has 2 saturated carbocycles. The number of hydrogen-bond acceptors (Lipinski definition) is 5. The van der Waals surface area contributed by atoms with Gasteiger partial charge in [0.2, 0.25) is 0 Å². The molecule has 3 aliphatic carbocycles. The number of imidazole rings is 1. The second-order valence-corrected chi connectivity index (χ2v) is 12.1. The van der Waals surface area contributed by atoms with Crippen LogP contribution in [0.25, 0.3) is 16.6 Å². The van der Waals surface area contributed by atoms with E-state index in [1.807, 2.05) is 25.1 Å². The number of allylic oxidation sites excluding steroid dienone is 2. The molecule has 2 aromatic rings. The second-order valence-electron chi connectivity index (χ2n) is 12.1. The van der Waals surface area contributed by atoms with Gasteiger partial charge in [0.25, 0.3) is 0 Å². The highest BCUT2D eigenvalue weighted by Gasteiger charge is 2.74. The van der Waals surface area contributed by atoms with Gasteiger partial charge < -0.3 is 24.8 Å². The summed E-state index contributed by atoms with van der Waals surface area (Å²) in [6, 6.07) is 6.10. The van der Waals surface area contributed by atoms with Crippen molar-refractivity contribution in [3.63, 3.8) is 0 Å². The molecule has 3 heterocycles. The smallest absolute Gasteiger partial charge is 0.158 e. The predicted octanol–water partition coefficient (Wildman–Crippen LogP) is 3.76. The summed E-state index contributed by atoms with van der Waals surface area (Å²) in [5, 5.41) is 21.9. The number of aliphatic hydroxyl groups is 2. The number of nitrogens with zero attached hydrogens (tertiary/aromatic N) is 2. The van der Waals surface area contributed by atoms with E-state index in [4.69, 9.17) is 4.74 Å². The van der Waals surface area contributed by atoms with Gasteiger partial charge in [-0.25, -0.2) is 9.37 Å². The molecule has 3 fully saturated rings. The lowest BCUT2D eigenvalue weighted by molar-refractivity contribution is -0.239. The molecule has 0 radical (unpaired) electrons. The minimum Gasteiger partial charge on any atom is -0.388 e. The SMILES string of the molecule is CN(C)C1CC23CCC4(O2)C2CC=C(c5ccc6nc[nH]c6c5)C2(C)CCC4(F)C=C3C(O)C1O. The van der Waals surface area contributed by atoms with Gasteiger partial charge in [-0.15, -0.1) is 0 Å². The van der Waals surface area contributed by atoms with Crippen LogP contribution >= 0.6 is 0 Å². The van der Waals surface area contributed by atoms with Gasteiger partial charge in [-0.2, -0.15) is 0 Å². The van der Waals surface area contributed by atoms with Crippen molar-refractivity contribution in [2.45, 2.75) is 80.6 Å². The van der Waals surface area contributed by atoms with E-state index in [0.717, 1.165) is 23.0 Å². The van der Waals surface area contributed by atoms with E-state index in [-0.39, 0.29) is 17.4 Å². The summed E-state index contributed by atoms with van der Waals surface area (Å²) in [4.78, 5) is 9.52. The lowest BCUT2D eigenvalue weighted by Gasteiger charge is -2.60. The van der Waals surface area contributed by atoms with Crippen LogP contribution in [-0.2, 0) is 4.74 Å². The Labute approximate surface area is 204 Å². The van der Waals surface area contributed by atoms with Crippen molar-refractivity contribution in [1.29, 1.82) is 0 Å². The Morgan fingerprint density at radius 3 is 2.80 bits per heavy atom. The number of fused-ring (bicyclic) bond motifs is 2. The number of benzene rings is 1. The monoisotopic (exact) mass is 479 g/mol. The summed E-state index contributed by atoms with van der Waals surface area (Å²) in [5.74, 6) is 0.0141. The van der Waals surface area contributed by atoms with Crippen LogP contribution in [0.5, 0.6) is 0 Å². The van der Waals surface area contributed by atoms with Crippen LogP contribution in [0.15, 0.2) is 42.3 Å². The fourth-order valence-electron chi connectivity index (χ4n) is 8.53. The summed E-state index contributed by atoms with van der Waals surface area (Å²) in [6.07, 6.45) is 7.38. The quantitative estimate of drug-likeness (QED) is 0.572. The first-order valence-corrected chi connectivity index (χ1v) is 12.9. The summed E-state index contributed by atoms with van der Waals surface area (Å²) >= 11 is 0. The van der Waals surface area contributed by atoms with Gasteiger partial charge in [0.05, 0.1) is 29.1 Å². The van der Waals surface area contributed by atoms with Crippen molar-refractivity contribution >= 4 is 16.6 Å². The minimum atomic E-state index is -1.64. The van der Waals surface area contributed by atoms with Gasteiger partial charge >= 0.3 is 0 Å². The lowest BCUT2D eigenvalue weighted by atomic mass is 9.53. The molecule has 8 atom stereocenters. The molecule has 2 spiro atoms. The van der Waals surface area contributed by atoms with Crippen LogP contribution in [0.3, 0.4) is 0 Å². The van der Waals surface area contributed by atoms with E-state index in [2.05, 4.69) is 35.1 Å². The number of halogens is 1. The standard InChI is InChI=1S/C28H34FN3O3/c1-25-8-10-27(29)13-18-23(33)24(34)21(32(2)3)14-26(18)9-11-28(27,35-26)22(25)7-5-17(25)16-4-6-19-20(12-16)31-15-30-19/h4-6,12-13,15,21-24,33-34H,7-11,14H2,1-3H3,(H,30,31). The van der Waals surface area contributed by atoms with Gasteiger partial charge in [0.1, 0.15) is 11.7 Å². The van der Waals surface area contributed by atoms with E-state index < -0.39 is 29.1 Å². The van der Waals surface area contributed by atoms with Crippen LogP contribution in [-0.4, -0.2) is 74.3 Å². The summed E-state index contributed by atoms with van der Waals surface area (Å²) < 4.78 is 24.1. The largest absolute Gasteiger partial charge is 0.388 e. The van der Waals surface area contributed by atoms with Crippen molar-refractivity contribution in [2.75, 3.05) is 14.1 Å². The number of H-pyrrole nitrogens is 1. The maximum Gasteiger partial charge on any atom is 0.158 e. The Morgan fingerprint density at radius 2 is 2.00 bits per heavy atom. The molecule has 7 heteroatoms. The molecule has 1 aromatic heterocycles. The van der Waals surface area contributed by atoms with Crippen molar-refractivity contribution in [3.05, 3.63) is 47.8 Å². The molecular formula is C28H34FN3O3. The van der Waals surface area contributed by atoms with Gasteiger partial charge in [0.15, 0.2) is 5.67 Å². The van der Waals surface area contributed by atoms with Crippen LogP contribution in [0.4, 0.5) is 4.39 Å². The van der Waals surface area contributed by atoms with Crippen LogP contribution in [0.1, 0.15) is 51.0 Å². The number of aliphatic hydroxyl groups excluding tert-OH is 2. The van der Waals surface area contributed by atoms with Gasteiger partial charge in [0, 0.05) is 12.0 Å². The van der Waals surface area contributed by atoms with Crippen LogP contribution in [0.2, 0.25) is 0 Å². The van der Waals surface area contributed by atoms with Gasteiger partial charge in [-0.1, -0.05) is 19.1 Å². The summed E-state index contributed by atoms with van der Waals surface area (Å²) in [5.41, 5.74) is 1.49. The predicted molar refractivity (Wildman–Crippen MR) is 131 cm³/mol. The molecule has 0 amide bonds.